The second-order valence-electron chi connectivity index (χ2n) is 9.47. The van der Waals surface area contributed by atoms with E-state index in [1.807, 2.05) is 32.9 Å². The summed E-state index contributed by atoms with van der Waals surface area (Å²) in [4.78, 5) is 28.1. The molecule has 210 valence electrons. The Balaban J connectivity index is 2.22. The molecular formula is C27H37Cl2N3O5S. The number of carbonyl (C=O) groups is 2. The Morgan fingerprint density at radius 2 is 1.74 bits per heavy atom. The summed E-state index contributed by atoms with van der Waals surface area (Å²) in [5.41, 5.74) is 1.21. The van der Waals surface area contributed by atoms with Crippen molar-refractivity contribution in [3.05, 3.63) is 58.1 Å². The Bertz CT molecular complexity index is 1190. The quantitative estimate of drug-likeness (QED) is 0.331. The Morgan fingerprint density at radius 1 is 1.08 bits per heavy atom. The maximum Gasteiger partial charge on any atom is 0.242 e. The first-order valence-corrected chi connectivity index (χ1v) is 15.1. The molecule has 38 heavy (non-hydrogen) atoms. The van der Waals surface area contributed by atoms with Crippen LogP contribution < -0.4 is 14.4 Å². The third-order valence-electron chi connectivity index (χ3n) is 5.91. The van der Waals surface area contributed by atoms with Crippen molar-refractivity contribution < 1.29 is 22.7 Å². The summed E-state index contributed by atoms with van der Waals surface area (Å²) >= 11 is 12.2. The van der Waals surface area contributed by atoms with Gasteiger partial charge in [0, 0.05) is 31.1 Å². The summed E-state index contributed by atoms with van der Waals surface area (Å²) in [6, 6.07) is 11.2. The second kappa shape index (κ2) is 14.6. The Labute approximate surface area is 236 Å². The second-order valence-corrected chi connectivity index (χ2v) is 12.2. The molecule has 0 saturated carbocycles. The number of hydrogen-bond acceptors (Lipinski definition) is 5. The van der Waals surface area contributed by atoms with E-state index >= 15 is 0 Å². The van der Waals surface area contributed by atoms with Crippen LogP contribution >= 0.6 is 23.2 Å². The average Bonchev–Trinajstić information content (AvgIpc) is 2.85. The number of methoxy groups -OCH3 is 1. The SMILES string of the molecule is CC[C@@H](C(=O)NCC(C)C)N(Cc1ccc(Cl)cc1)C(=O)CCCN(c1ccc(OC)c(Cl)c1)S(C)(=O)=O. The molecule has 0 aliphatic rings. The Morgan fingerprint density at radius 3 is 2.26 bits per heavy atom. The lowest BCUT2D eigenvalue weighted by Crippen LogP contribution is -2.49. The predicted octanol–water partition coefficient (Wildman–Crippen LogP) is 5.13. The van der Waals surface area contributed by atoms with Gasteiger partial charge in [0.2, 0.25) is 21.8 Å². The highest BCUT2D eigenvalue weighted by molar-refractivity contribution is 7.92. The van der Waals surface area contributed by atoms with Crippen molar-refractivity contribution in [1.29, 1.82) is 0 Å². The van der Waals surface area contributed by atoms with Gasteiger partial charge in [-0.05, 0) is 54.7 Å². The van der Waals surface area contributed by atoms with Crippen LogP contribution in [0.1, 0.15) is 45.6 Å². The zero-order valence-corrected chi connectivity index (χ0v) is 24.9. The summed E-state index contributed by atoms with van der Waals surface area (Å²) in [5.74, 6) is 0.241. The molecule has 1 N–H and O–H groups in total. The van der Waals surface area contributed by atoms with Crippen LogP contribution in [0.5, 0.6) is 5.75 Å². The number of benzene rings is 2. The molecular weight excluding hydrogens is 549 g/mol. The molecule has 0 fully saturated rings. The third-order valence-corrected chi connectivity index (χ3v) is 7.65. The lowest BCUT2D eigenvalue weighted by Gasteiger charge is -2.31. The van der Waals surface area contributed by atoms with Crippen molar-refractivity contribution in [2.45, 2.75) is 52.6 Å². The van der Waals surface area contributed by atoms with E-state index in [1.54, 1.807) is 29.2 Å². The number of sulfonamides is 1. The van der Waals surface area contributed by atoms with E-state index in [-0.39, 0.29) is 48.7 Å². The molecule has 0 unspecified atom stereocenters. The fraction of sp³-hybridized carbons (Fsp3) is 0.481. The van der Waals surface area contributed by atoms with Gasteiger partial charge in [-0.15, -0.1) is 0 Å². The van der Waals surface area contributed by atoms with Crippen LogP contribution in [0.15, 0.2) is 42.5 Å². The number of nitrogens with zero attached hydrogens (tertiary/aromatic N) is 2. The topological polar surface area (TPSA) is 96.0 Å². The molecule has 0 bridgehead atoms. The minimum Gasteiger partial charge on any atom is -0.495 e. The summed E-state index contributed by atoms with van der Waals surface area (Å²) in [7, 11) is -2.17. The lowest BCUT2D eigenvalue weighted by atomic mass is 10.1. The van der Waals surface area contributed by atoms with Gasteiger partial charge in [-0.3, -0.25) is 13.9 Å². The molecule has 2 rings (SSSR count). The number of nitrogens with one attached hydrogen (secondary N) is 1. The van der Waals surface area contributed by atoms with Crippen LogP contribution in [0.3, 0.4) is 0 Å². The number of hydrogen-bond donors (Lipinski definition) is 1. The summed E-state index contributed by atoms with van der Waals surface area (Å²) in [5, 5.41) is 3.79. The summed E-state index contributed by atoms with van der Waals surface area (Å²) in [6.45, 7) is 6.67. The highest BCUT2D eigenvalue weighted by Gasteiger charge is 2.29. The van der Waals surface area contributed by atoms with Crippen LogP contribution in [0.2, 0.25) is 10.0 Å². The van der Waals surface area contributed by atoms with E-state index in [4.69, 9.17) is 27.9 Å². The Kier molecular flexibility index (Phi) is 12.2. The number of rotatable bonds is 14. The van der Waals surface area contributed by atoms with E-state index < -0.39 is 16.1 Å². The third kappa shape index (κ3) is 9.36. The van der Waals surface area contributed by atoms with Crippen LogP contribution in [-0.4, -0.2) is 57.6 Å². The first-order chi connectivity index (χ1) is 17.9. The minimum absolute atomic E-state index is 0.0530. The number of amides is 2. The number of ether oxygens (including phenoxy) is 1. The molecule has 2 aromatic carbocycles. The first-order valence-electron chi connectivity index (χ1n) is 12.5. The molecule has 0 spiro atoms. The van der Waals surface area contributed by atoms with Crippen molar-refractivity contribution in [2.24, 2.45) is 5.92 Å². The van der Waals surface area contributed by atoms with Crippen molar-refractivity contribution in [3.8, 4) is 5.75 Å². The highest BCUT2D eigenvalue weighted by atomic mass is 35.5. The van der Waals surface area contributed by atoms with Gasteiger partial charge in [-0.1, -0.05) is 56.1 Å². The molecule has 0 saturated heterocycles. The van der Waals surface area contributed by atoms with E-state index in [9.17, 15) is 18.0 Å². The van der Waals surface area contributed by atoms with E-state index in [1.165, 1.54) is 17.5 Å². The number of halogens is 2. The van der Waals surface area contributed by atoms with Gasteiger partial charge in [0.1, 0.15) is 11.8 Å². The zero-order valence-electron chi connectivity index (χ0n) is 22.5. The normalized spacial score (nSPS) is 12.2. The van der Waals surface area contributed by atoms with Crippen LogP contribution in [0.25, 0.3) is 0 Å². The molecule has 0 aromatic heterocycles. The van der Waals surface area contributed by atoms with Crippen LogP contribution in [0.4, 0.5) is 5.69 Å². The maximum atomic E-state index is 13.5. The van der Waals surface area contributed by atoms with Crippen LogP contribution in [-0.2, 0) is 26.2 Å². The summed E-state index contributed by atoms with van der Waals surface area (Å²) < 4.78 is 31.4. The molecule has 2 aromatic rings. The zero-order chi connectivity index (χ0) is 28.5. The largest absolute Gasteiger partial charge is 0.495 e. The van der Waals surface area contributed by atoms with Crippen molar-refractivity contribution in [3.63, 3.8) is 0 Å². The van der Waals surface area contributed by atoms with Gasteiger partial charge >= 0.3 is 0 Å². The molecule has 2 amide bonds. The Hall–Kier alpha value is -2.49. The van der Waals surface area contributed by atoms with Crippen molar-refractivity contribution >= 4 is 50.7 Å². The molecule has 0 radical (unpaired) electrons. The minimum atomic E-state index is -3.64. The molecule has 8 nitrogen and oxygen atoms in total. The molecule has 0 heterocycles. The average molecular weight is 587 g/mol. The smallest absolute Gasteiger partial charge is 0.242 e. The molecule has 1 atom stereocenters. The van der Waals surface area contributed by atoms with E-state index in [0.29, 0.717) is 29.4 Å². The van der Waals surface area contributed by atoms with Gasteiger partial charge in [0.25, 0.3) is 0 Å². The fourth-order valence-corrected chi connectivity index (χ4v) is 5.28. The predicted molar refractivity (Wildman–Crippen MR) is 153 cm³/mol. The van der Waals surface area contributed by atoms with Crippen molar-refractivity contribution in [1.82, 2.24) is 10.2 Å². The number of anilines is 1. The first kappa shape index (κ1) is 31.7. The summed E-state index contributed by atoms with van der Waals surface area (Å²) in [6.07, 6.45) is 1.84. The highest BCUT2D eigenvalue weighted by Crippen LogP contribution is 2.30. The van der Waals surface area contributed by atoms with Gasteiger partial charge in [-0.25, -0.2) is 8.42 Å². The van der Waals surface area contributed by atoms with Crippen molar-refractivity contribution in [2.75, 3.05) is 30.8 Å². The van der Waals surface area contributed by atoms with E-state index in [0.717, 1.165) is 11.8 Å². The van der Waals surface area contributed by atoms with Gasteiger partial charge < -0.3 is 15.0 Å². The van der Waals surface area contributed by atoms with E-state index in [2.05, 4.69) is 5.32 Å². The lowest BCUT2D eigenvalue weighted by molar-refractivity contribution is -0.141. The fourth-order valence-electron chi connectivity index (χ4n) is 3.94. The molecule has 0 aliphatic heterocycles. The maximum absolute atomic E-state index is 13.5. The molecule has 11 heteroatoms. The van der Waals surface area contributed by atoms with Gasteiger partial charge in [-0.2, -0.15) is 0 Å². The number of carbonyl (C=O) groups excluding carboxylic acids is 2. The van der Waals surface area contributed by atoms with Gasteiger partial charge in [0.15, 0.2) is 0 Å². The van der Waals surface area contributed by atoms with Crippen LogP contribution in [0, 0.1) is 5.92 Å². The molecule has 0 aliphatic carbocycles. The standard InChI is InChI=1S/C27H37Cl2N3O5S/c1-6-24(27(34)30-17-19(2)3)31(18-20-9-11-21(28)12-10-20)26(33)8-7-15-32(38(5,35)36)22-13-14-25(37-4)23(29)16-22/h9-14,16,19,24H,6-8,15,17-18H2,1-5H3,(H,30,34)/t24-/m0/s1. The van der Waals surface area contributed by atoms with Gasteiger partial charge in [0.05, 0.1) is 24.1 Å². The monoisotopic (exact) mass is 585 g/mol.